The molecule has 11 nitrogen and oxygen atoms in total. The van der Waals surface area contributed by atoms with E-state index >= 15 is 0 Å². The van der Waals surface area contributed by atoms with Gasteiger partial charge in [-0.15, -0.1) is 0 Å². The fourth-order valence-corrected chi connectivity index (χ4v) is 3.89. The number of nitrogens with one attached hydrogen (secondary N) is 1. The van der Waals surface area contributed by atoms with E-state index in [1.807, 2.05) is 0 Å². The fraction of sp³-hybridized carbons (Fsp3) is 0.682. The third-order valence-corrected chi connectivity index (χ3v) is 5.49. The van der Waals surface area contributed by atoms with E-state index in [9.17, 15) is 9.59 Å². The fourth-order valence-electron chi connectivity index (χ4n) is 3.76. The third kappa shape index (κ3) is 11.0. The van der Waals surface area contributed by atoms with E-state index in [1.165, 1.54) is 7.11 Å². The van der Waals surface area contributed by atoms with Gasteiger partial charge < -0.3 is 26.7 Å². The van der Waals surface area contributed by atoms with Crippen molar-refractivity contribution in [2.24, 2.45) is 21.6 Å². The average Bonchev–Trinajstić information content (AvgIpc) is 2.72. The van der Waals surface area contributed by atoms with E-state index < -0.39 is 5.91 Å². The minimum Gasteiger partial charge on any atom is -0.469 e. The van der Waals surface area contributed by atoms with Crippen LogP contribution in [0.5, 0.6) is 0 Å². The van der Waals surface area contributed by atoms with E-state index in [0.717, 1.165) is 25.7 Å². The Balaban J connectivity index is 2.43. The number of anilines is 2. The quantitative estimate of drug-likeness (QED) is 0.137. The number of esters is 1. The van der Waals surface area contributed by atoms with E-state index in [1.54, 1.807) is 0 Å². The second-order valence-corrected chi connectivity index (χ2v) is 10.0. The minimum absolute atomic E-state index is 0.0404. The first-order chi connectivity index (χ1) is 15.8. The molecule has 1 aromatic heterocycles. The summed E-state index contributed by atoms with van der Waals surface area (Å²) in [5, 5.41) is 2.31. The highest BCUT2D eigenvalue weighted by molar-refractivity contribution is 6.31. The highest BCUT2D eigenvalue weighted by atomic mass is 35.5. The van der Waals surface area contributed by atoms with Crippen molar-refractivity contribution in [2.45, 2.75) is 59.8 Å². The minimum atomic E-state index is -0.663. The van der Waals surface area contributed by atoms with Crippen molar-refractivity contribution in [3.8, 4) is 0 Å². The zero-order valence-corrected chi connectivity index (χ0v) is 21.5. The maximum Gasteiger partial charge on any atom is 0.307 e. The van der Waals surface area contributed by atoms with Gasteiger partial charge >= 0.3 is 5.97 Å². The summed E-state index contributed by atoms with van der Waals surface area (Å²) in [4.78, 5) is 35.2. The van der Waals surface area contributed by atoms with Crippen LogP contribution in [-0.2, 0) is 14.3 Å². The molecule has 0 saturated heterocycles. The maximum absolute atomic E-state index is 12.3. The van der Waals surface area contributed by atoms with E-state index in [4.69, 9.17) is 33.5 Å². The first-order valence-corrected chi connectivity index (χ1v) is 11.5. The predicted molar refractivity (Wildman–Crippen MR) is 133 cm³/mol. The number of ether oxygens (including phenoxy) is 2. The van der Waals surface area contributed by atoms with Crippen LogP contribution in [-0.4, -0.2) is 54.7 Å². The Kier molecular flexibility index (Phi) is 11.5. The molecule has 1 rings (SSSR count). The first kappa shape index (κ1) is 29.4. The normalized spacial score (nSPS) is 12.5. The highest BCUT2D eigenvalue weighted by Crippen LogP contribution is 2.39. The zero-order chi connectivity index (χ0) is 25.9. The summed E-state index contributed by atoms with van der Waals surface area (Å²) in [6, 6.07) is 0. The van der Waals surface area contributed by atoms with E-state index in [0.29, 0.717) is 19.8 Å². The van der Waals surface area contributed by atoms with E-state index in [2.05, 4.69) is 52.7 Å². The number of nitrogens with two attached hydrogens (primary N) is 3. The molecule has 34 heavy (non-hydrogen) atoms. The number of carbonyl (C=O) groups is 2. The smallest absolute Gasteiger partial charge is 0.307 e. The number of aliphatic imine (C=N–C) groups is 1. The monoisotopic (exact) mass is 499 g/mol. The number of aromatic nitrogens is 2. The standard InChI is InChI=1S/C22H38ClN7O4/c1-21(2,13-22(3,4)9-12-34-11-7-14(31)33-5)8-6-10-27-20(26)30-19(32)15-17(24)29-18(25)16(23)28-15/h6-13H2,1-5H3,(H4,24,25,29)(H3,26,27,30,32). The summed E-state index contributed by atoms with van der Waals surface area (Å²) in [5.74, 6) is -1.18. The lowest BCUT2D eigenvalue weighted by Crippen LogP contribution is -2.38. The highest BCUT2D eigenvalue weighted by Gasteiger charge is 2.28. The summed E-state index contributed by atoms with van der Waals surface area (Å²) in [6.07, 6.45) is 3.87. The Bertz CT molecular complexity index is 875. The van der Waals surface area contributed by atoms with Gasteiger partial charge in [0.05, 0.1) is 20.1 Å². The second-order valence-electron chi connectivity index (χ2n) is 9.65. The molecular weight excluding hydrogens is 462 g/mol. The van der Waals surface area contributed by atoms with Crippen LogP contribution < -0.4 is 22.5 Å². The van der Waals surface area contributed by atoms with Crippen molar-refractivity contribution in [1.29, 1.82) is 0 Å². The van der Waals surface area contributed by atoms with Gasteiger partial charge in [0, 0.05) is 13.2 Å². The molecule has 192 valence electrons. The Morgan fingerprint density at radius 1 is 1.06 bits per heavy atom. The number of rotatable bonds is 13. The summed E-state index contributed by atoms with van der Waals surface area (Å²) in [5.41, 5.74) is 17.0. The Labute approximate surface area is 206 Å². The number of carbonyl (C=O) groups excluding carboxylic acids is 2. The SMILES string of the molecule is COC(=O)CCOCCC(C)(C)CC(C)(C)CCCN=C(N)NC(=O)c1nc(Cl)c(N)nc1N. The van der Waals surface area contributed by atoms with Crippen LogP contribution in [0.4, 0.5) is 11.6 Å². The van der Waals surface area contributed by atoms with Crippen LogP contribution in [0.15, 0.2) is 4.99 Å². The average molecular weight is 500 g/mol. The van der Waals surface area contributed by atoms with Gasteiger partial charge in [0.15, 0.2) is 28.4 Å². The number of amides is 1. The van der Waals surface area contributed by atoms with Crippen LogP contribution in [0.2, 0.25) is 5.15 Å². The van der Waals surface area contributed by atoms with E-state index in [-0.39, 0.29) is 51.7 Å². The Morgan fingerprint density at radius 2 is 1.71 bits per heavy atom. The number of nitrogens with zero attached hydrogens (tertiary/aromatic N) is 3. The molecule has 0 radical (unpaired) electrons. The van der Waals surface area contributed by atoms with Crippen molar-refractivity contribution in [3.63, 3.8) is 0 Å². The van der Waals surface area contributed by atoms with Crippen molar-refractivity contribution in [3.05, 3.63) is 10.8 Å². The predicted octanol–water partition coefficient (Wildman–Crippen LogP) is 2.53. The molecule has 0 spiro atoms. The van der Waals surface area contributed by atoms with Crippen molar-refractivity contribution in [1.82, 2.24) is 15.3 Å². The maximum atomic E-state index is 12.3. The topological polar surface area (TPSA) is 181 Å². The summed E-state index contributed by atoms with van der Waals surface area (Å²) in [7, 11) is 1.37. The van der Waals surface area contributed by atoms with Gasteiger partial charge in [-0.1, -0.05) is 39.3 Å². The molecule has 0 aliphatic rings. The van der Waals surface area contributed by atoms with Crippen LogP contribution in [0.1, 0.15) is 70.3 Å². The van der Waals surface area contributed by atoms with Gasteiger partial charge in [0.2, 0.25) is 0 Å². The number of nitrogen functional groups attached to an aromatic ring is 2. The van der Waals surface area contributed by atoms with Crippen LogP contribution in [0.25, 0.3) is 0 Å². The molecule has 1 aromatic rings. The van der Waals surface area contributed by atoms with Gasteiger partial charge in [0.1, 0.15) is 0 Å². The van der Waals surface area contributed by atoms with Gasteiger partial charge in [0.25, 0.3) is 5.91 Å². The molecule has 12 heteroatoms. The molecule has 0 unspecified atom stereocenters. The lowest BCUT2D eigenvalue weighted by molar-refractivity contribution is -0.141. The van der Waals surface area contributed by atoms with Gasteiger partial charge in [-0.3, -0.25) is 19.9 Å². The molecule has 0 aliphatic heterocycles. The Morgan fingerprint density at radius 3 is 2.35 bits per heavy atom. The molecule has 0 aromatic carbocycles. The van der Waals surface area contributed by atoms with Crippen molar-refractivity contribution >= 4 is 41.1 Å². The second kappa shape index (κ2) is 13.3. The van der Waals surface area contributed by atoms with Gasteiger partial charge in [-0.25, -0.2) is 9.97 Å². The summed E-state index contributed by atoms with van der Waals surface area (Å²) < 4.78 is 10.2. The van der Waals surface area contributed by atoms with Crippen molar-refractivity contribution in [2.75, 3.05) is 38.3 Å². The largest absolute Gasteiger partial charge is 0.469 e. The lowest BCUT2D eigenvalue weighted by atomic mass is 9.71. The van der Waals surface area contributed by atoms with Gasteiger partial charge in [-0.2, -0.15) is 0 Å². The molecule has 0 aliphatic carbocycles. The third-order valence-electron chi connectivity index (χ3n) is 5.21. The zero-order valence-electron chi connectivity index (χ0n) is 20.7. The van der Waals surface area contributed by atoms with Crippen LogP contribution in [0.3, 0.4) is 0 Å². The number of methoxy groups -OCH3 is 1. The molecule has 0 atom stereocenters. The molecular formula is C22H38ClN7O4. The van der Waals surface area contributed by atoms with Crippen LogP contribution in [0, 0.1) is 10.8 Å². The molecule has 1 heterocycles. The van der Waals surface area contributed by atoms with Crippen LogP contribution >= 0.6 is 11.6 Å². The number of halogens is 1. The number of hydrogen-bond donors (Lipinski definition) is 4. The lowest BCUT2D eigenvalue weighted by Gasteiger charge is -2.35. The summed E-state index contributed by atoms with van der Waals surface area (Å²) in [6.45, 7) is 10.3. The first-order valence-electron chi connectivity index (χ1n) is 11.1. The van der Waals surface area contributed by atoms with Crippen molar-refractivity contribution < 1.29 is 19.1 Å². The molecule has 1 amide bonds. The summed E-state index contributed by atoms with van der Waals surface area (Å²) >= 11 is 5.80. The molecule has 0 bridgehead atoms. The molecule has 0 fully saturated rings. The van der Waals surface area contributed by atoms with Gasteiger partial charge in [-0.05, 0) is 36.5 Å². The Hall–Kier alpha value is -2.66. The molecule has 0 saturated carbocycles. The number of hydrogen-bond acceptors (Lipinski definition) is 9. The number of guanidine groups is 1. The molecule has 7 N–H and O–H groups in total.